The van der Waals surface area contributed by atoms with E-state index in [9.17, 15) is 38.4 Å². The number of ketones is 1. The van der Waals surface area contributed by atoms with E-state index >= 15 is 0 Å². The Labute approximate surface area is 298 Å². The van der Waals surface area contributed by atoms with Crippen molar-refractivity contribution in [3.05, 3.63) is 35.9 Å². The molecule has 2 fully saturated rings. The average molecular weight is 713 g/mol. The van der Waals surface area contributed by atoms with E-state index in [1.165, 1.54) is 4.90 Å². The summed E-state index contributed by atoms with van der Waals surface area (Å²) in [4.78, 5) is 101. The normalized spacial score (nSPS) is 16.8. The molecule has 2 atom stereocenters. The number of hydrogen-bond acceptors (Lipinski definition) is 9. The number of unbranched alkanes of at least 4 members (excludes halogenated alkanes) is 2. The van der Waals surface area contributed by atoms with E-state index in [4.69, 9.17) is 4.74 Å². The number of carbonyl (C=O) groups is 8. The molecular formula is C36H52N6O9. The second-order valence-corrected chi connectivity index (χ2v) is 13.7. The fraction of sp³-hybridized carbons (Fsp3) is 0.611. The van der Waals surface area contributed by atoms with Crippen LogP contribution in [0.5, 0.6) is 0 Å². The van der Waals surface area contributed by atoms with Gasteiger partial charge in [0.1, 0.15) is 18.4 Å². The number of ether oxygens (including phenoxy) is 1. The fourth-order valence-corrected chi connectivity index (χ4v) is 5.72. The second kappa shape index (κ2) is 19.7. The summed E-state index contributed by atoms with van der Waals surface area (Å²) in [6, 6.07) is 7.88. The quantitative estimate of drug-likeness (QED) is 0.0643. The molecule has 1 unspecified atom stereocenters. The molecule has 0 bridgehead atoms. The number of benzene rings is 1. The second-order valence-electron chi connectivity index (χ2n) is 13.7. The lowest BCUT2D eigenvalue weighted by Gasteiger charge is -2.20. The summed E-state index contributed by atoms with van der Waals surface area (Å²) >= 11 is 0. The Hall–Kier alpha value is -4.66. The Balaban J connectivity index is 1.34. The number of Topliss-reactive ketones (excluding diaryl/α,β-unsaturated/α-hetero) is 1. The van der Waals surface area contributed by atoms with Crippen LogP contribution in [0.25, 0.3) is 0 Å². The van der Waals surface area contributed by atoms with Crippen molar-refractivity contribution < 1.29 is 43.1 Å². The molecule has 3 rings (SSSR count). The largest absolute Gasteiger partial charge is 0.347 e. The van der Waals surface area contributed by atoms with E-state index in [1.807, 2.05) is 19.9 Å². The van der Waals surface area contributed by atoms with Crippen LogP contribution in [0.3, 0.4) is 0 Å². The molecule has 5 N–H and O–H groups in total. The Morgan fingerprint density at radius 2 is 1.43 bits per heavy atom. The zero-order chi connectivity index (χ0) is 37.6. The maximum atomic E-state index is 13.0. The summed E-state index contributed by atoms with van der Waals surface area (Å²) in [6.45, 7) is 6.39. The third-order valence-electron chi connectivity index (χ3n) is 8.91. The highest BCUT2D eigenvalue weighted by Gasteiger charge is 2.51. The Morgan fingerprint density at radius 3 is 2.06 bits per heavy atom. The molecule has 0 aromatic heterocycles. The summed E-state index contributed by atoms with van der Waals surface area (Å²) in [5.41, 5.74) is -0.0964. The Bertz CT molecular complexity index is 1430. The number of amides is 7. The summed E-state index contributed by atoms with van der Waals surface area (Å²) in [7, 11) is 0. The highest BCUT2D eigenvalue weighted by Crippen LogP contribution is 2.42. The number of likely N-dealkylation sites (tertiary alicyclic amines) is 1. The van der Waals surface area contributed by atoms with Gasteiger partial charge in [-0.1, -0.05) is 64.4 Å². The van der Waals surface area contributed by atoms with Crippen molar-refractivity contribution in [2.24, 2.45) is 17.8 Å². The van der Waals surface area contributed by atoms with Crippen molar-refractivity contribution in [1.29, 1.82) is 0 Å². The van der Waals surface area contributed by atoms with E-state index in [0.717, 1.165) is 5.56 Å². The maximum Gasteiger partial charge on any atom is 0.243 e. The molecule has 0 radical (unpaired) electrons. The highest BCUT2D eigenvalue weighted by molar-refractivity contribution is 6.03. The van der Waals surface area contributed by atoms with Crippen LogP contribution >= 0.6 is 0 Å². The average Bonchev–Trinajstić information content (AvgIpc) is 3.83. The molecule has 1 saturated heterocycles. The minimum absolute atomic E-state index is 0.0124. The van der Waals surface area contributed by atoms with Crippen molar-refractivity contribution in [3.63, 3.8) is 0 Å². The van der Waals surface area contributed by atoms with Crippen molar-refractivity contribution in [2.45, 2.75) is 90.7 Å². The monoisotopic (exact) mass is 712 g/mol. The molecule has 1 aliphatic carbocycles. The standard InChI is InChI=1S/C36H52N6O9/c1-23(2)26-18-32(47)42(35(26)50)16-10-6-9-13-28(43)37-19-29(44)38-21-31(46)41-27(17-25-11-7-5-8-12-25)34(49)39-20-30(45)40-22-51-36(14-15-36)33(48)24(3)4/h5,7-8,11-12,23-24,26-27H,6,9-10,13-22H2,1-4H3,(H,37,43)(H,38,44)(H,39,49)(H,40,45)(H,41,46)/t26?,27-/m0/s1. The van der Waals surface area contributed by atoms with Crippen molar-refractivity contribution >= 4 is 47.1 Å². The molecule has 1 aromatic rings. The zero-order valence-corrected chi connectivity index (χ0v) is 30.0. The summed E-state index contributed by atoms with van der Waals surface area (Å²) in [5.74, 6) is -3.41. The number of nitrogens with zero attached hydrogens (tertiary/aromatic N) is 1. The van der Waals surface area contributed by atoms with Crippen LogP contribution in [0.15, 0.2) is 30.3 Å². The van der Waals surface area contributed by atoms with Crippen molar-refractivity contribution in [3.8, 4) is 0 Å². The summed E-state index contributed by atoms with van der Waals surface area (Å²) < 4.78 is 5.62. The lowest BCUT2D eigenvalue weighted by Crippen LogP contribution is -2.52. The van der Waals surface area contributed by atoms with Gasteiger partial charge in [-0.15, -0.1) is 0 Å². The number of nitrogens with one attached hydrogen (secondary N) is 5. The SMILES string of the molecule is CC(C)C(=O)C1(OCNC(=O)CNC(=O)[C@H](Cc2ccccc2)NC(=O)CNC(=O)CNC(=O)CCCCCN2C(=O)CC(C(C)C)C2=O)CC1. The predicted molar refractivity (Wildman–Crippen MR) is 185 cm³/mol. The van der Waals surface area contributed by atoms with Crippen LogP contribution in [0, 0.1) is 17.8 Å². The topological polar surface area (TPSA) is 209 Å². The third kappa shape index (κ3) is 13.2. The van der Waals surface area contributed by atoms with Crippen molar-refractivity contribution in [1.82, 2.24) is 31.5 Å². The van der Waals surface area contributed by atoms with Gasteiger partial charge in [-0.25, -0.2) is 0 Å². The Morgan fingerprint density at radius 1 is 0.804 bits per heavy atom. The number of imide groups is 1. The van der Waals surface area contributed by atoms with Gasteiger partial charge in [-0.3, -0.25) is 43.3 Å². The van der Waals surface area contributed by atoms with Crippen LogP contribution in [0.2, 0.25) is 0 Å². The number of hydrogen-bond donors (Lipinski definition) is 5. The van der Waals surface area contributed by atoms with Crippen molar-refractivity contribution in [2.75, 3.05) is 32.9 Å². The molecule has 1 heterocycles. The van der Waals surface area contributed by atoms with Gasteiger partial charge in [0.05, 0.1) is 19.6 Å². The Kier molecular flexibility index (Phi) is 15.7. The van der Waals surface area contributed by atoms with Crippen LogP contribution in [0.4, 0.5) is 0 Å². The van der Waals surface area contributed by atoms with E-state index in [1.54, 1.807) is 38.1 Å². The first-order chi connectivity index (χ1) is 24.2. The lowest BCUT2D eigenvalue weighted by molar-refractivity contribution is -0.140. The van der Waals surface area contributed by atoms with Gasteiger partial charge in [0.25, 0.3) is 0 Å². The zero-order valence-electron chi connectivity index (χ0n) is 30.0. The molecule has 7 amide bonds. The molecule has 1 aromatic carbocycles. The first-order valence-corrected chi connectivity index (χ1v) is 17.7. The van der Waals surface area contributed by atoms with Gasteiger partial charge in [0, 0.05) is 37.6 Å². The summed E-state index contributed by atoms with van der Waals surface area (Å²) in [6.07, 6.45) is 3.44. The molecule has 2 aliphatic rings. The van der Waals surface area contributed by atoms with Gasteiger partial charge in [-0.2, -0.15) is 0 Å². The van der Waals surface area contributed by atoms with Crippen LogP contribution < -0.4 is 26.6 Å². The van der Waals surface area contributed by atoms with Crippen LogP contribution in [0.1, 0.15) is 78.2 Å². The first kappa shape index (κ1) is 40.8. The van der Waals surface area contributed by atoms with Gasteiger partial charge in [0.2, 0.25) is 41.4 Å². The maximum absolute atomic E-state index is 13.0. The van der Waals surface area contributed by atoms with E-state index in [2.05, 4.69) is 26.6 Å². The van der Waals surface area contributed by atoms with E-state index in [0.29, 0.717) is 38.6 Å². The lowest BCUT2D eigenvalue weighted by atomic mass is 9.94. The van der Waals surface area contributed by atoms with Crippen LogP contribution in [-0.4, -0.2) is 96.6 Å². The molecule has 15 nitrogen and oxygen atoms in total. The molecular weight excluding hydrogens is 660 g/mol. The number of rotatable bonds is 22. The molecule has 15 heteroatoms. The molecule has 51 heavy (non-hydrogen) atoms. The minimum atomic E-state index is -1.06. The predicted octanol–water partition coefficient (Wildman–Crippen LogP) is 0.502. The van der Waals surface area contributed by atoms with Gasteiger partial charge < -0.3 is 31.3 Å². The smallest absolute Gasteiger partial charge is 0.243 e. The minimum Gasteiger partial charge on any atom is -0.347 e. The molecule has 1 aliphatic heterocycles. The highest BCUT2D eigenvalue weighted by atomic mass is 16.5. The molecule has 280 valence electrons. The van der Waals surface area contributed by atoms with E-state index in [-0.39, 0.29) is 80.3 Å². The van der Waals surface area contributed by atoms with Gasteiger partial charge >= 0.3 is 0 Å². The molecule has 1 saturated carbocycles. The fourth-order valence-electron chi connectivity index (χ4n) is 5.72. The van der Waals surface area contributed by atoms with Gasteiger partial charge in [-0.05, 0) is 37.2 Å². The van der Waals surface area contributed by atoms with Gasteiger partial charge in [0.15, 0.2) is 5.78 Å². The van der Waals surface area contributed by atoms with Crippen LogP contribution in [-0.2, 0) is 49.5 Å². The van der Waals surface area contributed by atoms with E-state index < -0.39 is 41.8 Å². The first-order valence-electron chi connectivity index (χ1n) is 17.7. The third-order valence-corrected chi connectivity index (χ3v) is 8.91. The molecule has 0 spiro atoms. The summed E-state index contributed by atoms with van der Waals surface area (Å²) in [5, 5.41) is 12.5. The number of carbonyl (C=O) groups excluding carboxylic acids is 8.